The summed E-state index contributed by atoms with van der Waals surface area (Å²) in [7, 11) is 0. The fourth-order valence-corrected chi connectivity index (χ4v) is 2.87. The van der Waals surface area contributed by atoms with E-state index >= 15 is 0 Å². The van der Waals surface area contributed by atoms with E-state index in [1.807, 2.05) is 30.3 Å². The maximum absolute atomic E-state index is 12.4. The van der Waals surface area contributed by atoms with Crippen LogP contribution < -0.4 is 10.6 Å². The van der Waals surface area contributed by atoms with Gasteiger partial charge in [-0.05, 0) is 42.5 Å². The minimum Gasteiger partial charge on any atom is -0.340 e. The third-order valence-electron chi connectivity index (χ3n) is 3.91. The lowest BCUT2D eigenvalue weighted by Crippen LogP contribution is -2.12. The number of halogens is 1. The molecule has 4 aromatic rings. The number of hydrogen-bond donors (Lipinski definition) is 2. The molecular formula is C20H14ClN5O. The fourth-order valence-electron chi connectivity index (χ4n) is 2.65. The Bertz CT molecular complexity index is 1130. The lowest BCUT2D eigenvalue weighted by Gasteiger charge is -2.11. The highest BCUT2D eigenvalue weighted by Crippen LogP contribution is 2.24. The average Bonchev–Trinajstić information content (AvgIpc) is 2.69. The Hall–Kier alpha value is -3.51. The summed E-state index contributed by atoms with van der Waals surface area (Å²) in [5.74, 6) is 0.372. The van der Waals surface area contributed by atoms with Gasteiger partial charge < -0.3 is 10.6 Å². The van der Waals surface area contributed by atoms with Crippen LogP contribution in [0, 0.1) is 0 Å². The topological polar surface area (TPSA) is 79.8 Å². The summed E-state index contributed by atoms with van der Waals surface area (Å²) >= 11 is 6.09. The van der Waals surface area contributed by atoms with E-state index in [1.54, 1.807) is 36.5 Å². The number of hydrogen-bond acceptors (Lipinski definition) is 5. The van der Waals surface area contributed by atoms with Crippen LogP contribution in [0.4, 0.5) is 17.2 Å². The van der Waals surface area contributed by atoms with Gasteiger partial charge in [0.25, 0.3) is 5.91 Å². The summed E-state index contributed by atoms with van der Waals surface area (Å²) in [5.41, 5.74) is 2.45. The van der Waals surface area contributed by atoms with Crippen molar-refractivity contribution in [3.8, 4) is 0 Å². The minimum atomic E-state index is -0.269. The number of pyridine rings is 1. The Morgan fingerprint density at radius 1 is 0.889 bits per heavy atom. The Kier molecular flexibility index (Phi) is 4.63. The van der Waals surface area contributed by atoms with E-state index in [0.717, 1.165) is 11.1 Å². The first-order valence-corrected chi connectivity index (χ1v) is 8.57. The number of carbonyl (C=O) groups excluding carboxylic acids is 1. The number of fused-ring (bicyclic) bond motifs is 1. The van der Waals surface area contributed by atoms with Gasteiger partial charge in [0, 0.05) is 17.6 Å². The van der Waals surface area contributed by atoms with Crippen LogP contribution in [0.2, 0.25) is 5.02 Å². The van der Waals surface area contributed by atoms with Gasteiger partial charge >= 0.3 is 0 Å². The molecule has 0 bridgehead atoms. The summed E-state index contributed by atoms with van der Waals surface area (Å²) in [5, 5.41) is 7.31. The molecule has 2 N–H and O–H groups in total. The zero-order valence-corrected chi connectivity index (χ0v) is 14.8. The van der Waals surface area contributed by atoms with Gasteiger partial charge in [-0.3, -0.25) is 4.79 Å². The summed E-state index contributed by atoms with van der Waals surface area (Å²) < 4.78 is 0. The monoisotopic (exact) mass is 375 g/mol. The number of anilines is 3. The quantitative estimate of drug-likeness (QED) is 0.541. The van der Waals surface area contributed by atoms with E-state index in [4.69, 9.17) is 11.6 Å². The Morgan fingerprint density at radius 3 is 2.63 bits per heavy atom. The molecule has 0 saturated heterocycles. The van der Waals surface area contributed by atoms with E-state index in [2.05, 4.69) is 25.6 Å². The molecule has 6 nitrogen and oxygen atoms in total. The lowest BCUT2D eigenvalue weighted by molar-refractivity contribution is 0.102. The molecule has 0 aliphatic carbocycles. The van der Waals surface area contributed by atoms with Gasteiger partial charge in [-0.2, -0.15) is 0 Å². The molecular weight excluding hydrogens is 362 g/mol. The Morgan fingerprint density at radius 2 is 1.74 bits per heavy atom. The summed E-state index contributed by atoms with van der Waals surface area (Å²) in [6.45, 7) is 0. The number of rotatable bonds is 4. The van der Waals surface area contributed by atoms with Gasteiger partial charge in [0.15, 0.2) is 5.65 Å². The lowest BCUT2D eigenvalue weighted by atomic mass is 10.2. The molecule has 0 unspecified atom stereocenters. The van der Waals surface area contributed by atoms with Crippen molar-refractivity contribution in [2.24, 2.45) is 0 Å². The SMILES string of the molecule is O=C(Nc1cccc(Nc2ncnc3ncccc23)c1)c1ccccc1Cl. The summed E-state index contributed by atoms with van der Waals surface area (Å²) in [6, 6.07) is 18.0. The average molecular weight is 376 g/mol. The van der Waals surface area contributed by atoms with Gasteiger partial charge in [0.1, 0.15) is 12.1 Å². The molecule has 4 rings (SSSR count). The van der Waals surface area contributed by atoms with E-state index < -0.39 is 0 Å². The number of aromatic nitrogens is 3. The highest BCUT2D eigenvalue weighted by Gasteiger charge is 2.10. The number of amides is 1. The van der Waals surface area contributed by atoms with Crippen molar-refractivity contribution in [3.63, 3.8) is 0 Å². The molecule has 27 heavy (non-hydrogen) atoms. The highest BCUT2D eigenvalue weighted by molar-refractivity contribution is 6.34. The van der Waals surface area contributed by atoms with Crippen molar-refractivity contribution in [1.82, 2.24) is 15.0 Å². The summed E-state index contributed by atoms with van der Waals surface area (Å²) in [4.78, 5) is 25.1. The number of nitrogens with one attached hydrogen (secondary N) is 2. The third-order valence-corrected chi connectivity index (χ3v) is 4.24. The number of benzene rings is 2. The molecule has 0 fully saturated rings. The van der Waals surface area contributed by atoms with Crippen LogP contribution in [-0.4, -0.2) is 20.9 Å². The van der Waals surface area contributed by atoms with Crippen molar-refractivity contribution < 1.29 is 4.79 Å². The smallest absolute Gasteiger partial charge is 0.257 e. The van der Waals surface area contributed by atoms with Crippen LogP contribution >= 0.6 is 11.6 Å². The molecule has 7 heteroatoms. The molecule has 0 aliphatic rings. The molecule has 2 heterocycles. The maximum atomic E-state index is 12.4. The second kappa shape index (κ2) is 7.39. The second-order valence-corrected chi connectivity index (χ2v) is 6.14. The molecule has 132 valence electrons. The largest absolute Gasteiger partial charge is 0.340 e. The summed E-state index contributed by atoms with van der Waals surface area (Å²) in [6.07, 6.45) is 3.14. The van der Waals surface area contributed by atoms with Crippen molar-refractivity contribution in [3.05, 3.63) is 83.8 Å². The predicted molar refractivity (Wildman–Crippen MR) is 106 cm³/mol. The van der Waals surface area contributed by atoms with Crippen molar-refractivity contribution in [2.75, 3.05) is 10.6 Å². The van der Waals surface area contributed by atoms with Crippen LogP contribution in [0.25, 0.3) is 11.0 Å². The van der Waals surface area contributed by atoms with Gasteiger partial charge in [-0.1, -0.05) is 29.8 Å². The fraction of sp³-hybridized carbons (Fsp3) is 0. The highest BCUT2D eigenvalue weighted by atomic mass is 35.5. The number of nitrogens with zero attached hydrogens (tertiary/aromatic N) is 3. The maximum Gasteiger partial charge on any atom is 0.257 e. The van der Waals surface area contributed by atoms with Crippen molar-refractivity contribution in [1.29, 1.82) is 0 Å². The molecule has 1 amide bonds. The second-order valence-electron chi connectivity index (χ2n) is 5.74. The number of carbonyl (C=O) groups is 1. The standard InChI is InChI=1S/C20H14ClN5O/c21-17-9-2-1-7-15(17)20(27)26-14-6-3-5-13(11-14)25-19-16-8-4-10-22-18(16)23-12-24-19/h1-12H,(H,26,27)(H,22,23,24,25). The molecule has 2 aromatic carbocycles. The molecule has 2 aromatic heterocycles. The van der Waals surface area contributed by atoms with E-state index in [0.29, 0.717) is 27.7 Å². The molecule has 0 radical (unpaired) electrons. The normalized spacial score (nSPS) is 10.6. The van der Waals surface area contributed by atoms with Crippen molar-refractivity contribution in [2.45, 2.75) is 0 Å². The van der Waals surface area contributed by atoms with Gasteiger partial charge in [0.05, 0.1) is 16.0 Å². The van der Waals surface area contributed by atoms with Crippen LogP contribution in [-0.2, 0) is 0 Å². The molecule has 0 aliphatic heterocycles. The molecule has 0 saturated carbocycles. The van der Waals surface area contributed by atoms with Crippen LogP contribution in [0.3, 0.4) is 0 Å². The van der Waals surface area contributed by atoms with Crippen LogP contribution in [0.15, 0.2) is 73.2 Å². The van der Waals surface area contributed by atoms with E-state index in [-0.39, 0.29) is 5.91 Å². The first-order chi connectivity index (χ1) is 13.2. The van der Waals surface area contributed by atoms with E-state index in [1.165, 1.54) is 6.33 Å². The van der Waals surface area contributed by atoms with Crippen molar-refractivity contribution >= 4 is 45.7 Å². The predicted octanol–water partition coefficient (Wildman–Crippen LogP) is 4.67. The molecule has 0 atom stereocenters. The van der Waals surface area contributed by atoms with Crippen LogP contribution in [0.1, 0.15) is 10.4 Å². The Balaban J connectivity index is 1.58. The van der Waals surface area contributed by atoms with Crippen LogP contribution in [0.5, 0.6) is 0 Å². The first kappa shape index (κ1) is 16.9. The third kappa shape index (κ3) is 3.70. The van der Waals surface area contributed by atoms with Gasteiger partial charge in [-0.15, -0.1) is 0 Å². The zero-order chi connectivity index (χ0) is 18.6. The first-order valence-electron chi connectivity index (χ1n) is 8.19. The zero-order valence-electron chi connectivity index (χ0n) is 14.1. The minimum absolute atomic E-state index is 0.269. The van der Waals surface area contributed by atoms with Gasteiger partial charge in [-0.25, -0.2) is 15.0 Å². The Labute approximate surface area is 160 Å². The van der Waals surface area contributed by atoms with E-state index in [9.17, 15) is 4.79 Å². The van der Waals surface area contributed by atoms with Gasteiger partial charge in [0.2, 0.25) is 0 Å². The molecule has 0 spiro atoms.